The first kappa shape index (κ1) is 20.1. The van der Waals surface area contributed by atoms with Gasteiger partial charge in [-0.25, -0.2) is 4.98 Å². The van der Waals surface area contributed by atoms with E-state index in [1.807, 2.05) is 0 Å². The van der Waals surface area contributed by atoms with E-state index in [0.717, 1.165) is 19.3 Å². The highest BCUT2D eigenvalue weighted by Crippen LogP contribution is 2.69. The normalized spacial score (nSPS) is 24.2. The van der Waals surface area contributed by atoms with Crippen molar-refractivity contribution in [3.05, 3.63) is 57.8 Å². The average molecular weight is 435 g/mol. The van der Waals surface area contributed by atoms with Gasteiger partial charge in [-0.3, -0.25) is 9.59 Å². The fraction of sp³-hybridized carbons (Fsp3) is 0.381. The van der Waals surface area contributed by atoms with Crippen LogP contribution in [0.4, 0.5) is 0 Å². The molecule has 8 heteroatoms. The molecule has 2 aromatic rings. The van der Waals surface area contributed by atoms with Crippen molar-refractivity contribution in [1.82, 2.24) is 10.3 Å². The minimum atomic E-state index is -0.247. The number of nitrogens with zero attached hydrogens (tertiary/aromatic N) is 1. The van der Waals surface area contributed by atoms with Crippen LogP contribution in [0.5, 0.6) is 5.75 Å². The minimum Gasteiger partial charge on any atom is -0.486 e. The summed E-state index contributed by atoms with van der Waals surface area (Å²) in [6.45, 7) is -0.223. The quantitative estimate of drug-likeness (QED) is 0.662. The number of benzene rings is 1. The third kappa shape index (κ3) is 4.10. The molecular weight excluding hydrogens is 415 g/mol. The summed E-state index contributed by atoms with van der Waals surface area (Å²) in [6, 6.07) is 9.87. The topological polar surface area (TPSA) is 88.5 Å². The monoisotopic (exact) mass is 434 g/mol. The lowest BCUT2D eigenvalue weighted by Gasteiger charge is -2.70. The van der Waals surface area contributed by atoms with Crippen LogP contribution in [0.3, 0.4) is 0 Å². The number of carbonyl (C=O) groups excluding carboxylic acids is 2. The van der Waals surface area contributed by atoms with Crippen molar-refractivity contribution in [2.45, 2.75) is 37.8 Å². The third-order valence-electron chi connectivity index (χ3n) is 5.58. The summed E-state index contributed by atoms with van der Waals surface area (Å²) in [5.41, 5.74) is 0.477. The van der Waals surface area contributed by atoms with Crippen LogP contribution >= 0.6 is 23.2 Å². The van der Waals surface area contributed by atoms with Crippen LogP contribution in [-0.2, 0) is 11.4 Å². The summed E-state index contributed by atoms with van der Waals surface area (Å²) < 4.78 is 5.51. The van der Waals surface area contributed by atoms with Crippen LogP contribution in [0, 0.1) is 5.41 Å². The number of ketones is 1. The van der Waals surface area contributed by atoms with E-state index in [9.17, 15) is 9.59 Å². The first-order valence-electron chi connectivity index (χ1n) is 9.31. The van der Waals surface area contributed by atoms with E-state index >= 15 is 0 Å². The van der Waals surface area contributed by atoms with Gasteiger partial charge in [-0.2, -0.15) is 0 Å². The lowest BCUT2D eigenvalue weighted by Crippen LogP contribution is -2.75. The molecule has 1 amide bonds. The number of carbonyl (C=O) groups is 2. The maximum Gasteiger partial charge on any atom is 0.270 e. The van der Waals surface area contributed by atoms with Crippen LogP contribution in [0.25, 0.3) is 0 Å². The highest BCUT2D eigenvalue weighted by atomic mass is 35.5. The molecule has 0 aliphatic heterocycles. The zero-order chi connectivity index (χ0) is 20.6. The molecule has 0 spiro atoms. The van der Waals surface area contributed by atoms with Gasteiger partial charge in [-0.15, -0.1) is 0 Å². The van der Waals surface area contributed by atoms with Crippen molar-refractivity contribution in [2.24, 2.45) is 5.41 Å². The number of hydrogen-bond acceptors (Lipinski definition) is 5. The number of Topliss-reactive ketones (excluding diaryl/α,β-unsaturated/α-hetero) is 1. The first-order chi connectivity index (χ1) is 13.8. The lowest BCUT2D eigenvalue weighted by atomic mass is 9.38. The molecule has 152 valence electrons. The summed E-state index contributed by atoms with van der Waals surface area (Å²) in [5.74, 6) is 0.280. The van der Waals surface area contributed by atoms with Gasteiger partial charge in [0.25, 0.3) is 5.91 Å². The van der Waals surface area contributed by atoms with Crippen LogP contribution in [0.15, 0.2) is 36.4 Å². The van der Waals surface area contributed by atoms with E-state index in [0.29, 0.717) is 33.6 Å². The number of amides is 1. The van der Waals surface area contributed by atoms with E-state index in [1.54, 1.807) is 36.4 Å². The Bertz CT molecular complexity index is 959. The minimum absolute atomic E-state index is 0.0169. The fourth-order valence-corrected chi connectivity index (χ4v) is 4.81. The molecular formula is C21H20Cl2N2O4. The van der Waals surface area contributed by atoms with Crippen LogP contribution in [-0.4, -0.2) is 33.9 Å². The Morgan fingerprint density at radius 2 is 1.90 bits per heavy atom. The smallest absolute Gasteiger partial charge is 0.270 e. The first-order valence-corrected chi connectivity index (χ1v) is 10.1. The zero-order valence-electron chi connectivity index (χ0n) is 15.6. The van der Waals surface area contributed by atoms with Gasteiger partial charge < -0.3 is 15.2 Å². The Hall–Kier alpha value is -2.15. The molecule has 1 heterocycles. The second kappa shape index (κ2) is 7.59. The SMILES string of the molecule is O=C(COc1ccc(Cl)c(Cl)c1)CC12CC(NC(=O)c3cccc(CO)n3)(C1)C2. The molecule has 2 N–H and O–H groups in total. The van der Waals surface area contributed by atoms with Gasteiger partial charge in [-0.1, -0.05) is 29.3 Å². The standard InChI is InChI=1S/C21H20Cl2N2O4/c22-16-5-4-15(6-17(16)23)29-9-14(27)7-20-10-21(11-20,12-20)25-19(28)18-3-1-2-13(8-26)24-18/h1-6,26H,7-12H2,(H,25,28). The molecule has 3 aliphatic rings. The molecule has 29 heavy (non-hydrogen) atoms. The Morgan fingerprint density at radius 3 is 2.59 bits per heavy atom. The van der Waals surface area contributed by atoms with E-state index in [2.05, 4.69) is 10.3 Å². The maximum absolute atomic E-state index is 12.4. The molecule has 0 saturated heterocycles. The number of pyridine rings is 1. The summed E-state index contributed by atoms with van der Waals surface area (Å²) in [6.07, 6.45) is 2.78. The van der Waals surface area contributed by atoms with E-state index < -0.39 is 0 Å². The summed E-state index contributed by atoms with van der Waals surface area (Å²) >= 11 is 11.8. The van der Waals surface area contributed by atoms with Crippen molar-refractivity contribution < 1.29 is 19.4 Å². The predicted octanol–water partition coefficient (Wildman–Crippen LogP) is 3.57. The molecule has 0 radical (unpaired) electrons. The summed E-state index contributed by atoms with van der Waals surface area (Å²) in [5, 5.41) is 13.0. The largest absolute Gasteiger partial charge is 0.486 e. The van der Waals surface area contributed by atoms with Crippen molar-refractivity contribution in [2.75, 3.05) is 6.61 Å². The van der Waals surface area contributed by atoms with Gasteiger partial charge in [-0.05, 0) is 48.9 Å². The van der Waals surface area contributed by atoms with Crippen LogP contribution < -0.4 is 10.1 Å². The number of halogens is 2. The number of aliphatic hydroxyl groups is 1. The van der Waals surface area contributed by atoms with Crippen molar-refractivity contribution in [3.63, 3.8) is 0 Å². The van der Waals surface area contributed by atoms with Gasteiger partial charge in [0, 0.05) is 18.0 Å². The molecule has 3 fully saturated rings. The molecule has 3 saturated carbocycles. The zero-order valence-corrected chi connectivity index (χ0v) is 17.1. The van der Waals surface area contributed by atoms with Crippen molar-refractivity contribution >= 4 is 34.9 Å². The Labute approximate surface area is 178 Å². The molecule has 6 nitrogen and oxygen atoms in total. The van der Waals surface area contributed by atoms with E-state index in [-0.39, 0.29) is 35.9 Å². The van der Waals surface area contributed by atoms with Gasteiger partial charge in [0.2, 0.25) is 0 Å². The van der Waals surface area contributed by atoms with Gasteiger partial charge in [0.15, 0.2) is 5.78 Å². The molecule has 3 aliphatic carbocycles. The van der Waals surface area contributed by atoms with Crippen molar-refractivity contribution in [1.29, 1.82) is 0 Å². The Morgan fingerprint density at radius 1 is 1.14 bits per heavy atom. The number of rotatable bonds is 8. The highest BCUT2D eigenvalue weighted by molar-refractivity contribution is 6.42. The molecule has 1 aromatic heterocycles. The van der Waals surface area contributed by atoms with E-state index in [4.69, 9.17) is 33.0 Å². The highest BCUT2D eigenvalue weighted by Gasteiger charge is 2.68. The Balaban J connectivity index is 1.24. The fourth-order valence-electron chi connectivity index (χ4n) is 4.52. The molecule has 1 aromatic carbocycles. The summed E-state index contributed by atoms with van der Waals surface area (Å²) in [7, 11) is 0. The predicted molar refractivity (Wildman–Crippen MR) is 108 cm³/mol. The third-order valence-corrected chi connectivity index (χ3v) is 6.32. The Kier molecular flexibility index (Phi) is 5.27. The van der Waals surface area contributed by atoms with Gasteiger partial charge >= 0.3 is 0 Å². The number of nitrogens with one attached hydrogen (secondary N) is 1. The molecule has 0 atom stereocenters. The number of hydrogen-bond donors (Lipinski definition) is 2. The molecule has 5 rings (SSSR count). The van der Waals surface area contributed by atoms with Crippen LogP contribution in [0.1, 0.15) is 41.9 Å². The number of ether oxygens (including phenoxy) is 1. The van der Waals surface area contributed by atoms with Crippen LogP contribution in [0.2, 0.25) is 10.0 Å². The lowest BCUT2D eigenvalue weighted by molar-refractivity contribution is -0.162. The molecule has 2 bridgehead atoms. The summed E-state index contributed by atoms with van der Waals surface area (Å²) in [4.78, 5) is 28.9. The van der Waals surface area contributed by atoms with Gasteiger partial charge in [0.05, 0.1) is 22.3 Å². The van der Waals surface area contributed by atoms with Gasteiger partial charge in [0.1, 0.15) is 18.1 Å². The van der Waals surface area contributed by atoms with Crippen molar-refractivity contribution in [3.8, 4) is 5.75 Å². The number of aromatic nitrogens is 1. The second-order valence-electron chi connectivity index (χ2n) is 8.02. The second-order valence-corrected chi connectivity index (χ2v) is 8.83. The maximum atomic E-state index is 12.4. The molecule has 0 unspecified atom stereocenters. The average Bonchev–Trinajstić information content (AvgIpc) is 2.66. The van der Waals surface area contributed by atoms with E-state index in [1.165, 1.54) is 0 Å². The number of aliphatic hydroxyl groups excluding tert-OH is 1.